The molecule has 10 heteroatoms. The van der Waals surface area contributed by atoms with Gasteiger partial charge in [-0.2, -0.15) is 26.3 Å². The molecule has 0 aliphatic carbocycles. The minimum absolute atomic E-state index is 0.540. The molecule has 2 nitrogen and oxygen atoms in total. The summed E-state index contributed by atoms with van der Waals surface area (Å²) in [5, 5.41) is 0. The molecule has 0 aromatic rings. The summed E-state index contributed by atoms with van der Waals surface area (Å²) in [7, 11) is -4.87. The summed E-state index contributed by atoms with van der Waals surface area (Å²) in [4.78, 5) is 20.9. The summed E-state index contributed by atoms with van der Waals surface area (Å²) in [5.41, 5.74) is -4.33. The molecule has 1 fully saturated rings. The van der Waals surface area contributed by atoms with Crippen molar-refractivity contribution < 1.29 is 35.9 Å². The van der Waals surface area contributed by atoms with E-state index in [1.165, 1.54) is 0 Å². The third kappa shape index (κ3) is 2.88. The van der Waals surface area contributed by atoms with Gasteiger partial charge < -0.3 is 0 Å². The first-order valence-electron chi connectivity index (χ1n) is 3.32. The van der Waals surface area contributed by atoms with Gasteiger partial charge in [-0.25, -0.2) is 0 Å². The summed E-state index contributed by atoms with van der Waals surface area (Å²) >= 11 is 0. The molecule has 0 bridgehead atoms. The van der Waals surface area contributed by atoms with E-state index in [1.807, 2.05) is 0 Å². The van der Waals surface area contributed by atoms with E-state index in [-0.39, 0.29) is 0 Å². The van der Waals surface area contributed by atoms with E-state index >= 15 is 0 Å². The molecule has 86 valence electrons. The Labute approximate surface area is 81.4 Å². The predicted octanol–water partition coefficient (Wildman–Crippen LogP) is 3.01. The lowest BCUT2D eigenvalue weighted by molar-refractivity contribution is -0.161. The quantitative estimate of drug-likeness (QED) is 0.571. The molecule has 1 saturated heterocycles. The van der Waals surface area contributed by atoms with Gasteiger partial charge in [0.2, 0.25) is 0 Å². The molecule has 1 aliphatic rings. The Kier molecular flexibility index (Phi) is 3.14. The second-order valence-electron chi connectivity index (χ2n) is 2.55. The Morgan fingerprint density at radius 1 is 0.800 bits per heavy atom. The van der Waals surface area contributed by atoms with Crippen LogP contribution in [0.2, 0.25) is 0 Å². The van der Waals surface area contributed by atoms with E-state index in [0.717, 1.165) is 0 Å². The van der Waals surface area contributed by atoms with Crippen molar-refractivity contribution in [2.24, 2.45) is 0 Å². The molecule has 0 amide bonds. The van der Waals surface area contributed by atoms with Crippen LogP contribution in [-0.2, 0) is 9.59 Å². The van der Waals surface area contributed by atoms with E-state index in [1.54, 1.807) is 0 Å². The molecule has 2 unspecified atom stereocenters. The fourth-order valence-corrected chi connectivity index (χ4v) is 6.71. The molecule has 1 rings (SSSR count). The van der Waals surface area contributed by atoms with E-state index in [2.05, 4.69) is 0 Å². The molecule has 15 heavy (non-hydrogen) atoms. The lowest BCUT2D eigenvalue weighted by Gasteiger charge is -2.05. The number of carbonyl (C=O) groups is 2. The van der Waals surface area contributed by atoms with E-state index < -0.39 is 44.5 Å². The Bertz CT molecular complexity index is 278. The van der Waals surface area contributed by atoms with Crippen molar-refractivity contribution in [3.05, 3.63) is 0 Å². The van der Waals surface area contributed by atoms with Gasteiger partial charge in [0.15, 0.2) is 0 Å². The van der Waals surface area contributed by atoms with Crippen LogP contribution in [0.4, 0.5) is 26.3 Å². The van der Waals surface area contributed by atoms with Crippen molar-refractivity contribution in [3.8, 4) is 0 Å². The molecule has 2 atom stereocenters. The fourth-order valence-electron chi connectivity index (χ4n) is 0.739. The standard InChI is InChI=1S/C5H2F6O2P2/c6-4(7,8)2(12)14-1-15(14)3(13)5(9,10)11/h1H2. The van der Waals surface area contributed by atoms with Crippen molar-refractivity contribution in [3.63, 3.8) is 0 Å². The molecule has 0 N–H and O–H groups in total. The van der Waals surface area contributed by atoms with Gasteiger partial charge in [-0.1, -0.05) is 0 Å². The maximum absolute atomic E-state index is 11.8. The van der Waals surface area contributed by atoms with Gasteiger partial charge in [0, 0.05) is 21.1 Å². The minimum Gasteiger partial charge on any atom is -0.284 e. The number of halogens is 6. The van der Waals surface area contributed by atoms with E-state index in [4.69, 9.17) is 0 Å². The number of hydrogen-bond donors (Lipinski definition) is 0. The lowest BCUT2D eigenvalue weighted by atomic mass is 10.8. The first-order valence-corrected chi connectivity index (χ1v) is 7.08. The Morgan fingerprint density at radius 2 is 1.07 bits per heavy atom. The highest BCUT2D eigenvalue weighted by molar-refractivity contribution is 8.57. The first kappa shape index (κ1) is 12.8. The van der Waals surface area contributed by atoms with Crippen molar-refractivity contribution in [2.45, 2.75) is 12.4 Å². The van der Waals surface area contributed by atoms with Crippen LogP contribution in [0.3, 0.4) is 0 Å². The lowest BCUT2D eigenvalue weighted by Crippen LogP contribution is -2.19. The zero-order valence-corrected chi connectivity index (χ0v) is 8.47. The average molecular weight is 270 g/mol. The molecule has 0 spiro atoms. The van der Waals surface area contributed by atoms with Crippen molar-refractivity contribution in [1.82, 2.24) is 0 Å². The number of alkyl halides is 6. The summed E-state index contributed by atoms with van der Waals surface area (Å²) in [6.45, 7) is 0. The summed E-state index contributed by atoms with van der Waals surface area (Å²) in [6.07, 6.45) is -10.3. The maximum atomic E-state index is 11.8. The van der Waals surface area contributed by atoms with Crippen LogP contribution in [0.5, 0.6) is 0 Å². The Balaban J connectivity index is 2.63. The summed E-state index contributed by atoms with van der Waals surface area (Å²) in [5.74, 6) is -0.540. The van der Waals surface area contributed by atoms with Crippen LogP contribution in [0, 0.1) is 0 Å². The number of hydrogen-bond acceptors (Lipinski definition) is 2. The van der Waals surface area contributed by atoms with Crippen LogP contribution >= 0.6 is 15.2 Å². The Hall–Kier alpha value is -0.220. The van der Waals surface area contributed by atoms with Crippen LogP contribution in [0.1, 0.15) is 0 Å². The van der Waals surface area contributed by atoms with E-state index in [0.29, 0.717) is 0 Å². The van der Waals surface area contributed by atoms with Gasteiger partial charge in [0.25, 0.3) is 11.0 Å². The van der Waals surface area contributed by atoms with Crippen LogP contribution < -0.4 is 0 Å². The summed E-state index contributed by atoms with van der Waals surface area (Å²) in [6, 6.07) is 0. The maximum Gasteiger partial charge on any atom is 0.454 e. The Morgan fingerprint density at radius 3 is 1.27 bits per heavy atom. The normalized spacial score (nSPS) is 26.3. The molecule has 0 aromatic heterocycles. The smallest absolute Gasteiger partial charge is 0.284 e. The van der Waals surface area contributed by atoms with Gasteiger partial charge in [-0.05, 0) is 0 Å². The average Bonchev–Trinajstić information content (AvgIpc) is 2.76. The SMILES string of the molecule is O=C(P1CP1C(=O)C(F)(F)F)C(F)(F)F. The summed E-state index contributed by atoms with van der Waals surface area (Å²) < 4.78 is 70.5. The second-order valence-corrected chi connectivity index (χ2v) is 8.99. The third-order valence-electron chi connectivity index (χ3n) is 1.43. The third-order valence-corrected chi connectivity index (χ3v) is 7.76. The molecular formula is C5H2F6O2P2. The van der Waals surface area contributed by atoms with Gasteiger partial charge in [0.05, 0.1) is 0 Å². The largest absolute Gasteiger partial charge is 0.454 e. The minimum atomic E-state index is -5.13. The molecule has 1 aliphatic heterocycles. The highest BCUT2D eigenvalue weighted by atomic mass is 32.1. The zero-order chi connectivity index (χ0) is 12.0. The van der Waals surface area contributed by atoms with Gasteiger partial charge in [-0.3, -0.25) is 9.59 Å². The van der Waals surface area contributed by atoms with Gasteiger partial charge >= 0.3 is 12.4 Å². The predicted molar refractivity (Wildman–Crippen MR) is 40.8 cm³/mol. The number of carbonyl (C=O) groups excluding carboxylic acids is 2. The molecule has 0 aromatic carbocycles. The van der Waals surface area contributed by atoms with Crippen molar-refractivity contribution >= 4 is 26.3 Å². The van der Waals surface area contributed by atoms with E-state index in [9.17, 15) is 35.9 Å². The van der Waals surface area contributed by atoms with Crippen molar-refractivity contribution in [1.29, 1.82) is 0 Å². The molecule has 0 radical (unpaired) electrons. The van der Waals surface area contributed by atoms with Gasteiger partial charge in [-0.15, -0.1) is 0 Å². The van der Waals surface area contributed by atoms with Crippen LogP contribution in [0.25, 0.3) is 0 Å². The number of rotatable bonds is 2. The molecule has 0 saturated carbocycles. The topological polar surface area (TPSA) is 34.1 Å². The van der Waals surface area contributed by atoms with Crippen LogP contribution in [0.15, 0.2) is 0 Å². The highest BCUT2D eigenvalue weighted by Crippen LogP contribution is 2.91. The van der Waals surface area contributed by atoms with Gasteiger partial charge in [0.1, 0.15) is 0 Å². The monoisotopic (exact) mass is 270 g/mol. The second kappa shape index (κ2) is 3.67. The first-order chi connectivity index (χ1) is 6.55. The van der Waals surface area contributed by atoms with Crippen LogP contribution in [-0.4, -0.2) is 29.3 Å². The molecular weight excluding hydrogens is 268 g/mol. The molecule has 1 heterocycles. The zero-order valence-electron chi connectivity index (χ0n) is 6.69. The fraction of sp³-hybridized carbons (Fsp3) is 0.600. The van der Waals surface area contributed by atoms with Crippen molar-refractivity contribution in [2.75, 3.05) is 5.90 Å². The highest BCUT2D eigenvalue weighted by Gasteiger charge is 2.61.